The van der Waals surface area contributed by atoms with Crippen LogP contribution in [0.4, 0.5) is 5.69 Å². The third kappa shape index (κ3) is 4.18. The number of benzene rings is 1. The first kappa shape index (κ1) is 20.8. The van der Waals surface area contributed by atoms with Crippen molar-refractivity contribution in [2.24, 2.45) is 0 Å². The standard InChI is InChI=1S/C23H28N4O2S/c1-13-9-14(2)21(15(3)10-13)26-19(28)12-27(4)11-18-24-22(29)20-16-7-5-6-8-17(16)30-23(20)25-18/h9-10H,5-8,11-12H2,1-4H3,(H,26,28)(H,24,25,29). The summed E-state index contributed by atoms with van der Waals surface area (Å²) in [7, 11) is 1.86. The Balaban J connectivity index is 1.46. The fourth-order valence-corrected chi connectivity index (χ4v) is 5.68. The zero-order valence-electron chi connectivity index (χ0n) is 18.0. The summed E-state index contributed by atoms with van der Waals surface area (Å²) in [5, 5.41) is 3.79. The number of nitrogens with zero attached hydrogens (tertiary/aromatic N) is 2. The van der Waals surface area contributed by atoms with Crippen molar-refractivity contribution >= 4 is 33.1 Å². The molecule has 2 heterocycles. The monoisotopic (exact) mass is 424 g/mol. The number of likely N-dealkylation sites (N-methyl/N-ethyl adjacent to an activating group) is 1. The number of carbonyl (C=O) groups excluding carboxylic acids is 1. The molecular formula is C23H28N4O2S. The smallest absolute Gasteiger partial charge is 0.259 e. The SMILES string of the molecule is Cc1cc(C)c(NC(=O)CN(C)Cc2nc3sc4c(c3c(=O)[nH]2)CCCC4)c(C)c1. The van der Waals surface area contributed by atoms with Crippen molar-refractivity contribution in [3.63, 3.8) is 0 Å². The van der Waals surface area contributed by atoms with Crippen LogP contribution in [0.3, 0.4) is 0 Å². The number of thiophene rings is 1. The molecule has 0 aliphatic heterocycles. The van der Waals surface area contributed by atoms with Gasteiger partial charge in [0.1, 0.15) is 10.7 Å². The third-order valence-electron chi connectivity index (χ3n) is 5.65. The lowest BCUT2D eigenvalue weighted by Crippen LogP contribution is -2.31. The molecule has 0 atom stereocenters. The van der Waals surface area contributed by atoms with Crippen LogP contribution in [0.25, 0.3) is 10.2 Å². The van der Waals surface area contributed by atoms with E-state index in [1.807, 2.05) is 32.7 Å². The molecule has 4 rings (SSSR count). The van der Waals surface area contributed by atoms with Crippen LogP contribution in [0, 0.1) is 20.8 Å². The lowest BCUT2D eigenvalue weighted by atomic mass is 9.97. The first-order valence-corrected chi connectivity index (χ1v) is 11.2. The number of rotatable bonds is 5. The lowest BCUT2D eigenvalue weighted by molar-refractivity contribution is -0.117. The molecule has 0 saturated heterocycles. The van der Waals surface area contributed by atoms with Crippen LogP contribution in [0.5, 0.6) is 0 Å². The Morgan fingerprint density at radius 2 is 1.90 bits per heavy atom. The molecule has 2 N–H and O–H groups in total. The van der Waals surface area contributed by atoms with Gasteiger partial charge in [-0.25, -0.2) is 4.98 Å². The summed E-state index contributed by atoms with van der Waals surface area (Å²) in [6.07, 6.45) is 4.33. The van der Waals surface area contributed by atoms with Gasteiger partial charge in [-0.15, -0.1) is 11.3 Å². The molecule has 0 fully saturated rings. The van der Waals surface area contributed by atoms with E-state index in [-0.39, 0.29) is 18.0 Å². The van der Waals surface area contributed by atoms with Crippen molar-refractivity contribution in [2.45, 2.75) is 53.0 Å². The van der Waals surface area contributed by atoms with Crippen LogP contribution in [-0.2, 0) is 24.2 Å². The average Bonchev–Trinajstić information content (AvgIpc) is 3.03. The number of anilines is 1. The van der Waals surface area contributed by atoms with Crippen molar-refractivity contribution in [1.82, 2.24) is 14.9 Å². The molecule has 0 radical (unpaired) electrons. The molecule has 3 aromatic rings. The van der Waals surface area contributed by atoms with Crippen molar-refractivity contribution in [3.8, 4) is 0 Å². The topological polar surface area (TPSA) is 78.1 Å². The van der Waals surface area contributed by atoms with E-state index < -0.39 is 0 Å². The maximum atomic E-state index is 12.7. The fraction of sp³-hybridized carbons (Fsp3) is 0.435. The second-order valence-electron chi connectivity index (χ2n) is 8.40. The minimum atomic E-state index is -0.0810. The van der Waals surface area contributed by atoms with Crippen molar-refractivity contribution in [2.75, 3.05) is 18.9 Å². The molecule has 0 bridgehead atoms. The highest BCUT2D eigenvalue weighted by Crippen LogP contribution is 2.33. The average molecular weight is 425 g/mol. The van der Waals surface area contributed by atoms with E-state index in [4.69, 9.17) is 4.98 Å². The van der Waals surface area contributed by atoms with Gasteiger partial charge in [-0.3, -0.25) is 14.5 Å². The van der Waals surface area contributed by atoms with Gasteiger partial charge in [0.15, 0.2) is 0 Å². The van der Waals surface area contributed by atoms with Gasteiger partial charge >= 0.3 is 0 Å². The Morgan fingerprint density at radius 3 is 2.63 bits per heavy atom. The number of hydrogen-bond acceptors (Lipinski definition) is 5. The quantitative estimate of drug-likeness (QED) is 0.652. The summed E-state index contributed by atoms with van der Waals surface area (Å²) >= 11 is 1.65. The van der Waals surface area contributed by atoms with E-state index >= 15 is 0 Å². The van der Waals surface area contributed by atoms with E-state index in [2.05, 4.69) is 22.4 Å². The summed E-state index contributed by atoms with van der Waals surface area (Å²) in [4.78, 5) is 36.9. The number of fused-ring (bicyclic) bond motifs is 3. The molecule has 1 amide bonds. The van der Waals surface area contributed by atoms with E-state index in [0.29, 0.717) is 12.4 Å². The molecule has 0 unspecified atom stereocenters. The van der Waals surface area contributed by atoms with E-state index in [1.54, 1.807) is 11.3 Å². The number of carbonyl (C=O) groups is 1. The zero-order chi connectivity index (χ0) is 21.4. The Hall–Kier alpha value is -2.51. The molecule has 2 aromatic heterocycles. The van der Waals surface area contributed by atoms with E-state index in [1.165, 1.54) is 22.4 Å². The molecule has 0 saturated carbocycles. The zero-order valence-corrected chi connectivity index (χ0v) is 18.8. The van der Waals surface area contributed by atoms with Gasteiger partial charge in [0.2, 0.25) is 5.91 Å². The summed E-state index contributed by atoms with van der Waals surface area (Å²) in [6, 6.07) is 4.13. The van der Waals surface area contributed by atoms with Crippen molar-refractivity contribution in [3.05, 3.63) is 55.4 Å². The van der Waals surface area contributed by atoms with Crippen LogP contribution in [-0.4, -0.2) is 34.4 Å². The molecule has 7 heteroatoms. The van der Waals surface area contributed by atoms with Gasteiger partial charge in [0.05, 0.1) is 18.5 Å². The molecule has 1 aliphatic rings. The number of aromatic amines is 1. The Kier molecular flexibility index (Phi) is 5.75. The first-order chi connectivity index (χ1) is 14.3. The van der Waals surface area contributed by atoms with Gasteiger partial charge in [-0.2, -0.15) is 0 Å². The van der Waals surface area contributed by atoms with Gasteiger partial charge < -0.3 is 10.3 Å². The lowest BCUT2D eigenvalue weighted by Gasteiger charge is -2.17. The Bertz CT molecular complexity index is 1150. The van der Waals surface area contributed by atoms with Crippen LogP contribution >= 0.6 is 11.3 Å². The summed E-state index contributed by atoms with van der Waals surface area (Å²) in [5.41, 5.74) is 5.30. The van der Waals surface area contributed by atoms with Gasteiger partial charge in [0, 0.05) is 10.6 Å². The number of hydrogen-bond donors (Lipinski definition) is 2. The molecule has 1 aromatic carbocycles. The largest absolute Gasteiger partial charge is 0.324 e. The molecule has 158 valence electrons. The maximum Gasteiger partial charge on any atom is 0.259 e. The second-order valence-corrected chi connectivity index (χ2v) is 9.48. The number of aromatic nitrogens is 2. The van der Waals surface area contributed by atoms with Gasteiger partial charge in [-0.05, 0) is 70.2 Å². The Morgan fingerprint density at radius 1 is 1.20 bits per heavy atom. The molecule has 0 spiro atoms. The number of H-pyrrole nitrogens is 1. The van der Waals surface area contributed by atoms with Crippen LogP contribution in [0.15, 0.2) is 16.9 Å². The second kappa shape index (κ2) is 8.32. The summed E-state index contributed by atoms with van der Waals surface area (Å²) < 4.78 is 0. The fourth-order valence-electron chi connectivity index (χ4n) is 4.40. The highest BCUT2D eigenvalue weighted by molar-refractivity contribution is 7.18. The predicted molar refractivity (Wildman–Crippen MR) is 122 cm³/mol. The molecule has 30 heavy (non-hydrogen) atoms. The van der Waals surface area contributed by atoms with Gasteiger partial charge in [-0.1, -0.05) is 17.7 Å². The molecular weight excluding hydrogens is 396 g/mol. The number of nitrogens with one attached hydrogen (secondary N) is 2. The van der Waals surface area contributed by atoms with Gasteiger partial charge in [0.25, 0.3) is 5.56 Å². The normalized spacial score (nSPS) is 13.6. The maximum absolute atomic E-state index is 12.7. The first-order valence-electron chi connectivity index (χ1n) is 10.4. The van der Waals surface area contributed by atoms with Crippen LogP contribution in [0.2, 0.25) is 0 Å². The predicted octanol–water partition coefficient (Wildman–Crippen LogP) is 3.86. The van der Waals surface area contributed by atoms with Crippen molar-refractivity contribution < 1.29 is 4.79 Å². The third-order valence-corrected chi connectivity index (χ3v) is 6.83. The summed E-state index contributed by atoms with van der Waals surface area (Å²) in [5.74, 6) is 0.520. The number of aryl methyl sites for hydroxylation is 5. The number of amides is 1. The van der Waals surface area contributed by atoms with Crippen molar-refractivity contribution in [1.29, 1.82) is 0 Å². The highest BCUT2D eigenvalue weighted by Gasteiger charge is 2.20. The highest BCUT2D eigenvalue weighted by atomic mass is 32.1. The molecule has 6 nitrogen and oxygen atoms in total. The minimum absolute atomic E-state index is 0.0573. The van der Waals surface area contributed by atoms with Crippen LogP contribution in [0.1, 0.15) is 45.8 Å². The Labute approximate surface area is 180 Å². The minimum Gasteiger partial charge on any atom is -0.324 e. The van der Waals surface area contributed by atoms with E-state index in [9.17, 15) is 9.59 Å². The summed E-state index contributed by atoms with van der Waals surface area (Å²) in [6.45, 7) is 6.68. The van der Waals surface area contributed by atoms with E-state index in [0.717, 1.165) is 46.3 Å². The molecule has 1 aliphatic carbocycles. The van der Waals surface area contributed by atoms with Crippen LogP contribution < -0.4 is 10.9 Å².